The maximum Gasteiger partial charge on any atom is 0.138 e. The molecule has 0 bridgehead atoms. The Bertz CT molecular complexity index is 482. The molecule has 0 unspecified atom stereocenters. The molecule has 1 fully saturated rings. The molecule has 112 valence electrons. The van der Waals surface area contributed by atoms with Gasteiger partial charge in [0.05, 0.1) is 20.5 Å². The maximum absolute atomic E-state index is 13.7. The molecule has 1 aliphatic rings. The predicted octanol–water partition coefficient (Wildman–Crippen LogP) is 1.91. The number of nitrogens with zero attached hydrogens (tertiary/aromatic N) is 2. The fraction of sp³-hybridized carbons (Fsp3) is 0.571. The Kier molecular flexibility index (Phi) is 4.76. The second-order valence-electron chi connectivity index (χ2n) is 5.90. The Morgan fingerprint density at radius 3 is 2.45 bits per heavy atom. The van der Waals surface area contributed by atoms with E-state index in [1.165, 1.54) is 6.07 Å². The van der Waals surface area contributed by atoms with Crippen LogP contribution in [0.3, 0.4) is 0 Å². The zero-order valence-electron chi connectivity index (χ0n) is 11.9. The van der Waals surface area contributed by atoms with Crippen molar-refractivity contribution in [2.45, 2.75) is 19.4 Å². The fourth-order valence-electron chi connectivity index (χ4n) is 2.52. The number of aliphatic hydroxyl groups is 1. The Morgan fingerprint density at radius 1 is 1.30 bits per heavy atom. The second-order valence-corrected chi connectivity index (χ2v) is 7.06. The van der Waals surface area contributed by atoms with E-state index in [1.807, 2.05) is 36.4 Å². The van der Waals surface area contributed by atoms with Crippen molar-refractivity contribution in [1.82, 2.24) is 4.90 Å². The van der Waals surface area contributed by atoms with Crippen LogP contribution < -0.4 is 10.6 Å². The zero-order chi connectivity index (χ0) is 14.9. The van der Waals surface area contributed by atoms with Gasteiger partial charge < -0.3 is 15.7 Å². The fourth-order valence-corrected chi connectivity index (χ4v) is 3.01. The summed E-state index contributed by atoms with van der Waals surface area (Å²) in [6.07, 6.45) is 0. The number of piperazine rings is 1. The van der Waals surface area contributed by atoms with Gasteiger partial charge in [0.25, 0.3) is 0 Å². The molecule has 0 aliphatic carbocycles. The minimum Gasteiger partial charge on any atom is -0.397 e. The van der Waals surface area contributed by atoms with Crippen LogP contribution in [0.1, 0.15) is 13.8 Å². The lowest BCUT2D eigenvalue weighted by molar-refractivity contribution is 0.0345. The van der Waals surface area contributed by atoms with E-state index >= 15 is 0 Å². The molecule has 1 aliphatic heterocycles. The Morgan fingerprint density at radius 2 is 1.90 bits per heavy atom. The number of benzene rings is 1. The molecule has 2 rings (SSSR count). The predicted molar refractivity (Wildman–Crippen MR) is 88.5 cm³/mol. The highest BCUT2D eigenvalue weighted by Crippen LogP contribution is 2.28. The smallest absolute Gasteiger partial charge is 0.138 e. The lowest BCUT2D eigenvalue weighted by Gasteiger charge is -2.38. The molecule has 20 heavy (non-hydrogen) atoms. The van der Waals surface area contributed by atoms with Crippen LogP contribution in [0.25, 0.3) is 0 Å². The van der Waals surface area contributed by atoms with Gasteiger partial charge >= 0.3 is 0 Å². The number of rotatable bonds is 3. The van der Waals surface area contributed by atoms with Gasteiger partial charge in [-0.15, -0.1) is 0 Å². The summed E-state index contributed by atoms with van der Waals surface area (Å²) in [5.74, 6) is -0.228. The minimum atomic E-state index is -0.684. The summed E-state index contributed by atoms with van der Waals surface area (Å²) in [5.41, 5.74) is 6.69. The molecule has 0 aromatic heterocycles. The summed E-state index contributed by atoms with van der Waals surface area (Å²) in [6, 6.07) is 3.19. The molecule has 0 amide bonds. The first-order valence-corrected chi connectivity index (χ1v) is 7.78. The zero-order valence-corrected chi connectivity index (χ0v) is 14.0. The van der Waals surface area contributed by atoms with E-state index < -0.39 is 5.60 Å². The summed E-state index contributed by atoms with van der Waals surface area (Å²) in [6.45, 7) is 7.55. The molecule has 4 nitrogen and oxygen atoms in total. The maximum atomic E-state index is 13.7. The van der Waals surface area contributed by atoms with Crippen LogP contribution in [-0.2, 0) is 0 Å². The van der Waals surface area contributed by atoms with Crippen LogP contribution in [0.2, 0.25) is 0 Å². The van der Waals surface area contributed by atoms with Crippen molar-refractivity contribution < 1.29 is 9.50 Å². The average molecular weight is 393 g/mol. The van der Waals surface area contributed by atoms with E-state index in [2.05, 4.69) is 9.80 Å². The lowest BCUT2D eigenvalue weighted by Crippen LogP contribution is -2.50. The van der Waals surface area contributed by atoms with Crippen molar-refractivity contribution >= 4 is 34.0 Å². The molecule has 6 heteroatoms. The first kappa shape index (κ1) is 15.8. The molecule has 3 N–H and O–H groups in total. The monoisotopic (exact) mass is 393 g/mol. The number of β-amino-alcohol motifs (C(OH)–C–C–N with tert-alkyl or cyclic N) is 1. The highest BCUT2D eigenvalue weighted by molar-refractivity contribution is 14.1. The SMILES string of the molecule is CC(C)(O)CN1CCN(c2cc(F)c(I)cc2N)CC1. The van der Waals surface area contributed by atoms with Gasteiger partial charge in [-0.05, 0) is 42.5 Å². The van der Waals surface area contributed by atoms with Gasteiger partial charge in [-0.25, -0.2) is 4.39 Å². The van der Waals surface area contributed by atoms with Gasteiger partial charge in [-0.3, -0.25) is 4.90 Å². The Labute approximate surface area is 132 Å². The van der Waals surface area contributed by atoms with Gasteiger partial charge in [-0.2, -0.15) is 0 Å². The number of anilines is 2. The third-order valence-corrected chi connectivity index (χ3v) is 4.22. The summed E-state index contributed by atoms with van der Waals surface area (Å²) in [4.78, 5) is 4.32. The normalized spacial score (nSPS) is 17.6. The first-order chi connectivity index (χ1) is 9.26. The number of hydrogen-bond donors (Lipinski definition) is 2. The van der Waals surface area contributed by atoms with Crippen LogP contribution in [-0.4, -0.2) is 48.3 Å². The van der Waals surface area contributed by atoms with Crippen molar-refractivity contribution in [3.8, 4) is 0 Å². The van der Waals surface area contributed by atoms with Crippen molar-refractivity contribution in [2.24, 2.45) is 0 Å². The van der Waals surface area contributed by atoms with Crippen molar-refractivity contribution in [1.29, 1.82) is 0 Å². The van der Waals surface area contributed by atoms with Crippen molar-refractivity contribution in [3.63, 3.8) is 0 Å². The van der Waals surface area contributed by atoms with Gasteiger partial charge in [0, 0.05) is 38.8 Å². The summed E-state index contributed by atoms with van der Waals surface area (Å²) < 4.78 is 14.2. The standard InChI is InChI=1S/C14H21FIN3O/c1-14(2,20)9-18-3-5-19(6-4-18)13-7-10(15)11(16)8-12(13)17/h7-8,20H,3-6,9,17H2,1-2H3. The Hall–Kier alpha value is -0.600. The first-order valence-electron chi connectivity index (χ1n) is 6.70. The van der Waals surface area contributed by atoms with Gasteiger partial charge in [0.2, 0.25) is 0 Å². The van der Waals surface area contributed by atoms with Crippen LogP contribution in [0.15, 0.2) is 12.1 Å². The largest absolute Gasteiger partial charge is 0.397 e. The van der Waals surface area contributed by atoms with E-state index in [-0.39, 0.29) is 5.82 Å². The second kappa shape index (κ2) is 6.03. The molecular formula is C14H21FIN3O. The van der Waals surface area contributed by atoms with Gasteiger partial charge in [0.15, 0.2) is 0 Å². The number of nitrogen functional groups attached to an aromatic ring is 1. The van der Waals surface area contributed by atoms with E-state index in [0.717, 1.165) is 31.9 Å². The average Bonchev–Trinajstić information content (AvgIpc) is 2.33. The molecule has 0 spiro atoms. The third kappa shape index (κ3) is 3.95. The van der Waals surface area contributed by atoms with E-state index in [9.17, 15) is 9.50 Å². The van der Waals surface area contributed by atoms with Gasteiger partial charge in [-0.1, -0.05) is 0 Å². The highest BCUT2D eigenvalue weighted by atomic mass is 127. The Balaban J connectivity index is 2.02. The van der Waals surface area contributed by atoms with Crippen LogP contribution in [0, 0.1) is 9.39 Å². The topological polar surface area (TPSA) is 52.7 Å². The molecule has 1 aromatic rings. The lowest BCUT2D eigenvalue weighted by atomic mass is 10.1. The van der Waals surface area contributed by atoms with Gasteiger partial charge in [0.1, 0.15) is 5.82 Å². The van der Waals surface area contributed by atoms with E-state index in [4.69, 9.17) is 5.73 Å². The summed E-state index contributed by atoms with van der Waals surface area (Å²) >= 11 is 1.95. The molecule has 1 aromatic carbocycles. The van der Waals surface area contributed by atoms with Crippen LogP contribution in [0.5, 0.6) is 0 Å². The van der Waals surface area contributed by atoms with Crippen molar-refractivity contribution in [2.75, 3.05) is 43.4 Å². The summed E-state index contributed by atoms with van der Waals surface area (Å²) in [5, 5.41) is 9.84. The number of hydrogen-bond acceptors (Lipinski definition) is 4. The molecule has 0 atom stereocenters. The van der Waals surface area contributed by atoms with E-state index in [0.29, 0.717) is 15.8 Å². The molecular weight excluding hydrogens is 372 g/mol. The minimum absolute atomic E-state index is 0.228. The molecule has 0 radical (unpaired) electrons. The highest BCUT2D eigenvalue weighted by Gasteiger charge is 2.24. The van der Waals surface area contributed by atoms with E-state index in [1.54, 1.807) is 6.07 Å². The van der Waals surface area contributed by atoms with Crippen LogP contribution in [0.4, 0.5) is 15.8 Å². The number of halogens is 2. The molecule has 1 heterocycles. The molecule has 0 saturated carbocycles. The van der Waals surface area contributed by atoms with Crippen molar-refractivity contribution in [3.05, 3.63) is 21.5 Å². The number of nitrogens with two attached hydrogens (primary N) is 1. The third-order valence-electron chi connectivity index (χ3n) is 3.39. The quantitative estimate of drug-likeness (QED) is 0.609. The summed E-state index contributed by atoms with van der Waals surface area (Å²) in [7, 11) is 0. The molecule has 1 saturated heterocycles. The van der Waals surface area contributed by atoms with Crippen LogP contribution >= 0.6 is 22.6 Å².